The van der Waals surface area contributed by atoms with Crippen LogP contribution in [0.1, 0.15) is 72.6 Å². The van der Waals surface area contributed by atoms with Crippen molar-refractivity contribution in [3.05, 3.63) is 0 Å². The zero-order valence-electron chi connectivity index (χ0n) is 22.7. The molecular weight excluding hydrogens is 480 g/mol. The Morgan fingerprint density at radius 3 is 2.00 bits per heavy atom. The Kier molecular flexibility index (Phi) is 16.9. The van der Waals surface area contributed by atoms with E-state index in [4.69, 9.17) is 22.9 Å². The summed E-state index contributed by atoms with van der Waals surface area (Å²) in [7, 11) is 0. The second kappa shape index (κ2) is 18.3. The summed E-state index contributed by atoms with van der Waals surface area (Å²) in [6.07, 6.45) is 3.08. The molecule has 0 bridgehead atoms. The summed E-state index contributed by atoms with van der Waals surface area (Å²) in [6, 6.07) is -3.87. The van der Waals surface area contributed by atoms with Gasteiger partial charge in [-0.3, -0.25) is 19.4 Å². The van der Waals surface area contributed by atoms with Gasteiger partial charge in [-0.2, -0.15) is 0 Å². The average Bonchev–Trinajstić information content (AvgIpc) is 2.82. The second-order valence-electron chi connectivity index (χ2n) is 9.80. The van der Waals surface area contributed by atoms with Gasteiger partial charge in [-0.05, 0) is 56.9 Å². The Morgan fingerprint density at radius 1 is 0.865 bits per heavy atom. The Hall–Kier alpha value is -2.93. The number of aliphatic imine (C=N–C) groups is 1. The van der Waals surface area contributed by atoms with Crippen LogP contribution in [0.4, 0.5) is 0 Å². The van der Waals surface area contributed by atoms with Crippen LogP contribution in [-0.2, 0) is 19.2 Å². The summed E-state index contributed by atoms with van der Waals surface area (Å²) in [5.74, 6) is -3.04. The molecule has 3 amide bonds. The van der Waals surface area contributed by atoms with E-state index in [2.05, 4.69) is 20.9 Å². The summed E-state index contributed by atoms with van der Waals surface area (Å²) in [5, 5.41) is 17.5. The van der Waals surface area contributed by atoms with Gasteiger partial charge in [0.05, 0.1) is 6.04 Å². The molecular formula is C24H48N8O5. The van der Waals surface area contributed by atoms with Gasteiger partial charge in [-0.25, -0.2) is 4.79 Å². The van der Waals surface area contributed by atoms with Crippen molar-refractivity contribution in [3.8, 4) is 0 Å². The highest BCUT2D eigenvalue weighted by Crippen LogP contribution is 2.12. The first-order valence-corrected chi connectivity index (χ1v) is 13.0. The molecule has 0 spiro atoms. The normalized spacial score (nSPS) is 15.1. The largest absolute Gasteiger partial charge is 0.480 e. The van der Waals surface area contributed by atoms with Crippen LogP contribution in [0.5, 0.6) is 0 Å². The molecule has 0 aliphatic rings. The number of amides is 3. The van der Waals surface area contributed by atoms with E-state index in [0.29, 0.717) is 45.2 Å². The maximum Gasteiger partial charge on any atom is 0.326 e. The van der Waals surface area contributed by atoms with Gasteiger partial charge in [-0.15, -0.1) is 0 Å². The minimum atomic E-state index is -1.15. The van der Waals surface area contributed by atoms with Gasteiger partial charge in [0.25, 0.3) is 0 Å². The molecule has 0 aromatic carbocycles. The van der Waals surface area contributed by atoms with Gasteiger partial charge in [0, 0.05) is 6.54 Å². The third-order valence-corrected chi connectivity index (χ3v) is 6.00. The van der Waals surface area contributed by atoms with Crippen LogP contribution in [0.3, 0.4) is 0 Å². The zero-order valence-corrected chi connectivity index (χ0v) is 22.7. The van der Waals surface area contributed by atoms with Crippen molar-refractivity contribution in [1.82, 2.24) is 16.0 Å². The van der Waals surface area contributed by atoms with E-state index in [1.165, 1.54) is 0 Å². The Bertz CT molecular complexity index is 757. The summed E-state index contributed by atoms with van der Waals surface area (Å²) in [5.41, 5.74) is 22.1. The molecule has 0 fully saturated rings. The lowest BCUT2D eigenvalue weighted by Crippen LogP contribution is -2.58. The van der Waals surface area contributed by atoms with Gasteiger partial charge in [0.15, 0.2) is 5.96 Å². The molecule has 13 heteroatoms. The Labute approximate surface area is 219 Å². The number of rotatable bonds is 19. The van der Waals surface area contributed by atoms with Crippen LogP contribution >= 0.6 is 0 Å². The number of carboxylic acid groups (broad SMARTS) is 1. The van der Waals surface area contributed by atoms with E-state index in [9.17, 15) is 24.3 Å². The maximum atomic E-state index is 13.2. The molecule has 0 aliphatic heterocycles. The highest BCUT2D eigenvalue weighted by atomic mass is 16.4. The first kappa shape index (κ1) is 34.1. The van der Waals surface area contributed by atoms with Crippen molar-refractivity contribution in [3.63, 3.8) is 0 Å². The SMILES string of the molecule is CCC(C)C(NC(=O)C(N)CCCN=C(N)N)C(=O)NC(CCCCN)C(=O)NC(CC(C)C)C(=O)O. The molecule has 0 heterocycles. The third kappa shape index (κ3) is 14.4. The first-order chi connectivity index (χ1) is 17.3. The van der Waals surface area contributed by atoms with Crippen LogP contribution in [0.15, 0.2) is 4.99 Å². The van der Waals surface area contributed by atoms with Crippen LogP contribution < -0.4 is 38.9 Å². The van der Waals surface area contributed by atoms with Crippen LogP contribution in [-0.4, -0.2) is 72.0 Å². The highest BCUT2D eigenvalue weighted by Gasteiger charge is 2.32. The van der Waals surface area contributed by atoms with Gasteiger partial charge >= 0.3 is 5.97 Å². The monoisotopic (exact) mass is 528 g/mol. The molecule has 214 valence electrons. The number of aliphatic carboxylic acids is 1. The molecule has 0 saturated carbocycles. The second-order valence-corrected chi connectivity index (χ2v) is 9.80. The smallest absolute Gasteiger partial charge is 0.326 e. The molecule has 37 heavy (non-hydrogen) atoms. The number of nitrogens with two attached hydrogens (primary N) is 4. The fourth-order valence-electron chi connectivity index (χ4n) is 3.60. The van der Waals surface area contributed by atoms with Crippen molar-refractivity contribution >= 4 is 29.7 Å². The number of hydrogen-bond donors (Lipinski definition) is 8. The van der Waals surface area contributed by atoms with Crippen LogP contribution in [0.25, 0.3) is 0 Å². The molecule has 5 atom stereocenters. The van der Waals surface area contributed by atoms with Crippen LogP contribution in [0.2, 0.25) is 0 Å². The Balaban J connectivity index is 5.48. The van der Waals surface area contributed by atoms with Crippen molar-refractivity contribution < 1.29 is 24.3 Å². The molecule has 5 unspecified atom stereocenters. The quantitative estimate of drug-likeness (QED) is 0.0589. The number of nitrogens with one attached hydrogen (secondary N) is 3. The van der Waals surface area contributed by atoms with Gasteiger partial charge in [-0.1, -0.05) is 34.1 Å². The predicted molar refractivity (Wildman–Crippen MR) is 143 cm³/mol. The number of nitrogens with zero attached hydrogens (tertiary/aromatic N) is 1. The van der Waals surface area contributed by atoms with Crippen molar-refractivity contribution in [1.29, 1.82) is 0 Å². The maximum absolute atomic E-state index is 13.2. The molecule has 0 aromatic heterocycles. The minimum absolute atomic E-state index is 0.0420. The van der Waals surface area contributed by atoms with Gasteiger partial charge in [0.2, 0.25) is 17.7 Å². The fraction of sp³-hybridized carbons (Fsp3) is 0.792. The molecule has 0 aromatic rings. The number of hydrogen-bond acceptors (Lipinski definition) is 7. The summed E-state index contributed by atoms with van der Waals surface area (Å²) in [6.45, 7) is 8.13. The lowest BCUT2D eigenvalue weighted by molar-refractivity contribution is -0.143. The minimum Gasteiger partial charge on any atom is -0.480 e. The molecule has 0 rings (SSSR count). The van der Waals surface area contributed by atoms with E-state index >= 15 is 0 Å². The number of carbonyl (C=O) groups excluding carboxylic acids is 3. The highest BCUT2D eigenvalue weighted by molar-refractivity contribution is 5.94. The summed E-state index contributed by atoms with van der Waals surface area (Å²) < 4.78 is 0. The van der Waals surface area contributed by atoms with Crippen molar-refractivity contribution in [2.45, 2.75) is 96.8 Å². The van der Waals surface area contributed by atoms with E-state index < -0.39 is 47.9 Å². The topological polar surface area (TPSA) is 241 Å². The number of carbonyl (C=O) groups is 4. The third-order valence-electron chi connectivity index (χ3n) is 6.00. The van der Waals surface area contributed by atoms with Gasteiger partial charge < -0.3 is 44.0 Å². The lowest BCUT2D eigenvalue weighted by Gasteiger charge is -2.28. The van der Waals surface area contributed by atoms with E-state index in [0.717, 1.165) is 0 Å². The summed E-state index contributed by atoms with van der Waals surface area (Å²) >= 11 is 0. The predicted octanol–water partition coefficient (Wildman–Crippen LogP) is -0.872. The van der Waals surface area contributed by atoms with Crippen molar-refractivity contribution in [2.24, 2.45) is 39.8 Å². The fourth-order valence-corrected chi connectivity index (χ4v) is 3.60. The lowest BCUT2D eigenvalue weighted by atomic mass is 9.96. The van der Waals surface area contributed by atoms with E-state index in [1.807, 2.05) is 20.8 Å². The first-order valence-electron chi connectivity index (χ1n) is 13.0. The average molecular weight is 529 g/mol. The van der Waals surface area contributed by atoms with E-state index in [-0.39, 0.29) is 30.6 Å². The number of carboxylic acids is 1. The Morgan fingerprint density at radius 2 is 1.49 bits per heavy atom. The molecule has 12 N–H and O–H groups in total. The number of unbranched alkanes of at least 4 members (excludes halogenated alkanes) is 1. The van der Waals surface area contributed by atoms with Crippen molar-refractivity contribution in [2.75, 3.05) is 13.1 Å². The standard InChI is InChI=1S/C24H48N8O5/c1-5-15(4)19(32-20(33)16(26)9-8-12-29-24(27)28)22(35)30-17(10-6-7-11-25)21(34)31-18(23(36)37)13-14(2)3/h14-19H,5-13,25-26H2,1-4H3,(H,30,35)(H,31,34)(H,32,33)(H,36,37)(H4,27,28,29). The summed E-state index contributed by atoms with van der Waals surface area (Å²) in [4.78, 5) is 54.4. The molecule has 0 saturated heterocycles. The van der Waals surface area contributed by atoms with Gasteiger partial charge in [0.1, 0.15) is 18.1 Å². The number of guanidine groups is 1. The molecule has 0 radical (unpaired) electrons. The molecule has 13 nitrogen and oxygen atoms in total. The van der Waals surface area contributed by atoms with Crippen LogP contribution in [0, 0.1) is 11.8 Å². The zero-order chi connectivity index (χ0) is 28.5. The molecule has 0 aliphatic carbocycles. The van der Waals surface area contributed by atoms with E-state index in [1.54, 1.807) is 6.92 Å².